The van der Waals surface area contributed by atoms with Gasteiger partial charge in [-0.3, -0.25) is 9.59 Å². The molecule has 4 aromatic rings. The highest BCUT2D eigenvalue weighted by molar-refractivity contribution is 7.15. The first-order valence-corrected chi connectivity index (χ1v) is 10.9. The second-order valence-electron chi connectivity index (χ2n) is 6.71. The van der Waals surface area contributed by atoms with E-state index in [-0.39, 0.29) is 5.56 Å². The fourth-order valence-corrected chi connectivity index (χ4v) is 4.06. The fourth-order valence-electron chi connectivity index (χ4n) is 3.15. The predicted octanol–water partition coefficient (Wildman–Crippen LogP) is 3.09. The third-order valence-corrected chi connectivity index (χ3v) is 5.39. The monoisotopic (exact) mass is 451 g/mol. The van der Waals surface area contributed by atoms with E-state index in [9.17, 15) is 9.59 Å². The lowest BCUT2D eigenvalue weighted by molar-refractivity contribution is -0.131. The van der Waals surface area contributed by atoms with Crippen LogP contribution in [0.5, 0.6) is 17.2 Å². The number of thiazole rings is 1. The van der Waals surface area contributed by atoms with Crippen LogP contribution in [0.4, 0.5) is 0 Å². The van der Waals surface area contributed by atoms with Gasteiger partial charge >= 0.3 is 5.97 Å². The van der Waals surface area contributed by atoms with Gasteiger partial charge in [0.05, 0.1) is 23.3 Å². The molecule has 0 saturated heterocycles. The molecule has 0 bridgehead atoms. The number of rotatable bonds is 7. The van der Waals surface area contributed by atoms with E-state index in [0.717, 1.165) is 5.56 Å². The molecule has 9 heteroatoms. The molecule has 0 amide bonds. The van der Waals surface area contributed by atoms with Crippen LogP contribution in [0.2, 0.25) is 0 Å². The van der Waals surface area contributed by atoms with Crippen LogP contribution in [0, 0.1) is 0 Å². The first-order valence-electron chi connectivity index (χ1n) is 10.1. The van der Waals surface area contributed by atoms with Crippen molar-refractivity contribution in [1.29, 1.82) is 0 Å². The van der Waals surface area contributed by atoms with Gasteiger partial charge in [0.2, 0.25) is 4.96 Å². The minimum atomic E-state index is -0.443. The Morgan fingerprint density at radius 1 is 1.06 bits per heavy atom. The molecule has 2 aromatic heterocycles. The zero-order valence-corrected chi connectivity index (χ0v) is 18.6. The number of esters is 1. The molecule has 0 fully saturated rings. The molecule has 8 nitrogen and oxygen atoms in total. The normalized spacial score (nSPS) is 11.7. The van der Waals surface area contributed by atoms with Crippen LogP contribution in [0.3, 0.4) is 0 Å². The summed E-state index contributed by atoms with van der Waals surface area (Å²) in [5, 5.41) is 4.35. The number of carbonyl (C=O) groups is 1. The van der Waals surface area contributed by atoms with Crippen molar-refractivity contribution in [3.63, 3.8) is 0 Å². The van der Waals surface area contributed by atoms with Crippen molar-refractivity contribution in [1.82, 2.24) is 14.6 Å². The van der Waals surface area contributed by atoms with Crippen molar-refractivity contribution < 1.29 is 19.0 Å². The van der Waals surface area contributed by atoms with Gasteiger partial charge in [-0.25, -0.2) is 0 Å². The molecule has 0 radical (unpaired) electrons. The topological polar surface area (TPSA) is 92.0 Å². The standard InChI is InChI=1S/C23H21N3O5S/c1-4-29-18-11-10-15(12-19(18)30-5-2)13-20-22(28)26-23(32-20)24-21(25-26)16-8-6-7-9-17(16)31-14(3)27/h6-13H,4-5H2,1-3H3. The largest absolute Gasteiger partial charge is 0.490 e. The number of nitrogens with zero attached hydrogens (tertiary/aromatic N) is 3. The number of fused-ring (bicyclic) bond motifs is 1. The maximum Gasteiger partial charge on any atom is 0.308 e. The van der Waals surface area contributed by atoms with E-state index in [1.165, 1.54) is 22.8 Å². The number of ether oxygens (including phenoxy) is 3. The highest BCUT2D eigenvalue weighted by atomic mass is 32.1. The summed E-state index contributed by atoms with van der Waals surface area (Å²) in [5.41, 5.74) is 1.07. The smallest absolute Gasteiger partial charge is 0.308 e. The molecule has 0 aliphatic rings. The third-order valence-electron chi connectivity index (χ3n) is 4.43. The van der Waals surface area contributed by atoms with E-state index >= 15 is 0 Å². The van der Waals surface area contributed by atoms with Crippen LogP contribution in [0.15, 0.2) is 47.3 Å². The van der Waals surface area contributed by atoms with Gasteiger partial charge in [0.25, 0.3) is 5.56 Å². The lowest BCUT2D eigenvalue weighted by Gasteiger charge is -2.11. The second-order valence-corrected chi connectivity index (χ2v) is 7.72. The van der Waals surface area contributed by atoms with Gasteiger partial charge in [0.1, 0.15) is 5.75 Å². The Labute approximate surface area is 187 Å². The number of para-hydroxylation sites is 1. The van der Waals surface area contributed by atoms with E-state index in [0.29, 0.717) is 51.3 Å². The molecule has 164 valence electrons. The predicted molar refractivity (Wildman–Crippen MR) is 121 cm³/mol. The van der Waals surface area contributed by atoms with Crippen LogP contribution in [-0.2, 0) is 4.79 Å². The Morgan fingerprint density at radius 2 is 1.81 bits per heavy atom. The number of hydrogen-bond acceptors (Lipinski definition) is 8. The summed E-state index contributed by atoms with van der Waals surface area (Å²) >= 11 is 1.23. The summed E-state index contributed by atoms with van der Waals surface area (Å²) in [7, 11) is 0. The van der Waals surface area contributed by atoms with Crippen molar-refractivity contribution in [2.45, 2.75) is 20.8 Å². The molecule has 0 saturated carbocycles. The minimum Gasteiger partial charge on any atom is -0.490 e. The SMILES string of the molecule is CCOc1ccc(C=c2sc3nc(-c4ccccc4OC(C)=O)nn3c2=O)cc1OCC. The molecular weight excluding hydrogens is 430 g/mol. The molecular formula is C23H21N3O5S. The average molecular weight is 452 g/mol. The highest BCUT2D eigenvalue weighted by Gasteiger charge is 2.16. The maximum atomic E-state index is 12.9. The van der Waals surface area contributed by atoms with Crippen molar-refractivity contribution in [2.75, 3.05) is 13.2 Å². The maximum absolute atomic E-state index is 12.9. The molecule has 2 aromatic carbocycles. The van der Waals surface area contributed by atoms with Crippen molar-refractivity contribution in [2.24, 2.45) is 0 Å². The average Bonchev–Trinajstić information content (AvgIpc) is 3.30. The van der Waals surface area contributed by atoms with E-state index in [4.69, 9.17) is 14.2 Å². The molecule has 2 heterocycles. The molecule has 0 atom stereocenters. The van der Waals surface area contributed by atoms with Crippen molar-refractivity contribution in [3.8, 4) is 28.6 Å². The summed E-state index contributed by atoms with van der Waals surface area (Å²) in [6, 6.07) is 12.5. The van der Waals surface area contributed by atoms with Gasteiger partial charge in [-0.2, -0.15) is 9.50 Å². The Bertz CT molecular complexity index is 1390. The van der Waals surface area contributed by atoms with Crippen LogP contribution in [0.1, 0.15) is 26.3 Å². The lowest BCUT2D eigenvalue weighted by Crippen LogP contribution is -2.23. The molecule has 0 aliphatic carbocycles. The van der Waals surface area contributed by atoms with Crippen LogP contribution in [0.25, 0.3) is 22.4 Å². The lowest BCUT2D eigenvalue weighted by atomic mass is 10.2. The Hall–Kier alpha value is -3.72. The van der Waals surface area contributed by atoms with Gasteiger partial charge in [0.15, 0.2) is 17.3 Å². The van der Waals surface area contributed by atoms with Crippen LogP contribution < -0.4 is 24.3 Å². The molecule has 0 spiro atoms. The Kier molecular flexibility index (Phi) is 6.18. The minimum absolute atomic E-state index is 0.277. The van der Waals surface area contributed by atoms with Gasteiger partial charge in [-0.05, 0) is 49.8 Å². The van der Waals surface area contributed by atoms with Gasteiger partial charge in [-0.15, -0.1) is 5.10 Å². The molecule has 4 rings (SSSR count). The van der Waals surface area contributed by atoms with Gasteiger partial charge in [-0.1, -0.05) is 29.5 Å². The Morgan fingerprint density at radius 3 is 2.53 bits per heavy atom. The number of benzene rings is 2. The van der Waals surface area contributed by atoms with E-state index in [1.54, 1.807) is 30.3 Å². The molecule has 0 N–H and O–H groups in total. The quantitative estimate of drug-likeness (QED) is 0.315. The summed E-state index contributed by atoms with van der Waals surface area (Å²) < 4.78 is 18.2. The zero-order valence-electron chi connectivity index (χ0n) is 17.8. The number of hydrogen-bond donors (Lipinski definition) is 0. The van der Waals surface area contributed by atoms with Gasteiger partial charge in [0, 0.05) is 6.92 Å². The molecule has 0 unspecified atom stereocenters. The third kappa shape index (κ3) is 4.33. The number of carbonyl (C=O) groups excluding carboxylic acids is 1. The van der Waals surface area contributed by atoms with Crippen molar-refractivity contribution in [3.05, 3.63) is 62.9 Å². The second kappa shape index (κ2) is 9.19. The van der Waals surface area contributed by atoms with Crippen LogP contribution in [-0.4, -0.2) is 33.8 Å². The molecule has 0 aliphatic heterocycles. The summed E-state index contributed by atoms with van der Waals surface area (Å²) in [6.45, 7) is 6.17. The van der Waals surface area contributed by atoms with E-state index in [2.05, 4.69) is 10.1 Å². The summed E-state index contributed by atoms with van der Waals surface area (Å²) in [5.74, 6) is 1.50. The Balaban J connectivity index is 1.73. The zero-order chi connectivity index (χ0) is 22.7. The summed E-state index contributed by atoms with van der Waals surface area (Å²) in [6.07, 6.45) is 1.77. The highest BCUT2D eigenvalue weighted by Crippen LogP contribution is 2.29. The fraction of sp³-hybridized carbons (Fsp3) is 0.217. The van der Waals surface area contributed by atoms with Gasteiger partial charge < -0.3 is 14.2 Å². The summed E-state index contributed by atoms with van der Waals surface area (Å²) in [4.78, 5) is 29.2. The number of aromatic nitrogens is 3. The van der Waals surface area contributed by atoms with E-state index < -0.39 is 5.97 Å². The van der Waals surface area contributed by atoms with Crippen molar-refractivity contribution >= 4 is 28.3 Å². The van der Waals surface area contributed by atoms with Crippen LogP contribution >= 0.6 is 11.3 Å². The first kappa shape index (κ1) is 21.5. The van der Waals surface area contributed by atoms with E-state index in [1.807, 2.05) is 32.0 Å². The molecule has 32 heavy (non-hydrogen) atoms. The first-order chi connectivity index (χ1) is 15.5.